The predicted octanol–water partition coefficient (Wildman–Crippen LogP) is 6.36. The van der Waals surface area contributed by atoms with E-state index in [1.165, 1.54) is 21.8 Å². The van der Waals surface area contributed by atoms with E-state index < -0.39 is 0 Å². The maximum atomic E-state index is 6.47. The SMILES string of the molecule is [CH2-]c1cc2c3ccccc3n3c4c5ccccc5oc4c(c1-c1cccc[n+]1[CH2-])c23.[Ir]. The molecule has 151 valence electrons. The Bertz CT molecular complexity index is 1770. The van der Waals surface area contributed by atoms with Crippen molar-refractivity contribution in [2.45, 2.75) is 0 Å². The van der Waals surface area contributed by atoms with Gasteiger partial charge in [-0.1, -0.05) is 48.5 Å². The number of nitrogens with zero attached hydrogens (tertiary/aromatic N) is 2. The molecule has 0 saturated heterocycles. The first-order valence-corrected chi connectivity index (χ1v) is 10.0. The van der Waals surface area contributed by atoms with E-state index in [0.29, 0.717) is 0 Å². The van der Waals surface area contributed by atoms with E-state index in [-0.39, 0.29) is 20.1 Å². The van der Waals surface area contributed by atoms with Crippen molar-refractivity contribution in [1.29, 1.82) is 0 Å². The van der Waals surface area contributed by atoms with Gasteiger partial charge >= 0.3 is 0 Å². The minimum Gasteiger partial charge on any atom is -0.455 e. The van der Waals surface area contributed by atoms with E-state index in [4.69, 9.17) is 4.42 Å². The van der Waals surface area contributed by atoms with Gasteiger partial charge in [0.25, 0.3) is 0 Å². The summed E-state index contributed by atoms with van der Waals surface area (Å²) in [5.41, 5.74) is 8.35. The third-order valence-corrected chi connectivity index (χ3v) is 6.26. The van der Waals surface area contributed by atoms with Crippen LogP contribution in [0.25, 0.3) is 60.5 Å². The fraction of sp³-hybridized carbons (Fsp3) is 0. The largest absolute Gasteiger partial charge is 0.455 e. The second kappa shape index (κ2) is 6.27. The number of benzene rings is 3. The van der Waals surface area contributed by atoms with Crippen LogP contribution in [0.3, 0.4) is 0 Å². The van der Waals surface area contributed by atoms with Crippen LogP contribution in [0.15, 0.2) is 83.4 Å². The van der Waals surface area contributed by atoms with Gasteiger partial charge < -0.3 is 13.4 Å². The van der Waals surface area contributed by atoms with E-state index >= 15 is 0 Å². The fourth-order valence-corrected chi connectivity index (χ4v) is 5.06. The molecule has 1 radical (unpaired) electrons. The molecule has 4 aromatic heterocycles. The second-order valence-corrected chi connectivity index (χ2v) is 7.87. The molecule has 0 aliphatic rings. The maximum Gasteiger partial charge on any atom is 0.149 e. The molecule has 7 rings (SSSR count). The molecule has 0 aliphatic heterocycles. The van der Waals surface area contributed by atoms with E-state index in [0.717, 1.165) is 44.3 Å². The predicted molar refractivity (Wildman–Crippen MR) is 122 cm³/mol. The molecule has 4 heteroatoms. The first-order valence-electron chi connectivity index (χ1n) is 10.0. The smallest absolute Gasteiger partial charge is 0.149 e. The van der Waals surface area contributed by atoms with Crippen molar-refractivity contribution in [3.63, 3.8) is 0 Å². The summed E-state index contributed by atoms with van der Waals surface area (Å²) in [4.78, 5) is 0. The first-order chi connectivity index (χ1) is 14.7. The van der Waals surface area contributed by atoms with E-state index in [1.807, 2.05) is 35.0 Å². The number of rotatable bonds is 1. The van der Waals surface area contributed by atoms with Crippen molar-refractivity contribution < 1.29 is 29.1 Å². The number of fused-ring (bicyclic) bond motifs is 8. The van der Waals surface area contributed by atoms with Crippen molar-refractivity contribution in [3.05, 3.63) is 98.5 Å². The maximum absolute atomic E-state index is 6.47. The van der Waals surface area contributed by atoms with Crippen molar-refractivity contribution in [1.82, 2.24) is 4.40 Å². The van der Waals surface area contributed by atoms with Crippen LogP contribution in [0.2, 0.25) is 0 Å². The molecule has 0 unspecified atom stereocenters. The van der Waals surface area contributed by atoms with Crippen LogP contribution in [-0.2, 0) is 20.1 Å². The van der Waals surface area contributed by atoms with Gasteiger partial charge in [-0.3, -0.25) is 0 Å². The van der Waals surface area contributed by atoms with Gasteiger partial charge in [0.05, 0.1) is 22.9 Å². The van der Waals surface area contributed by atoms with Gasteiger partial charge in [-0.05, 0) is 34.4 Å². The summed E-state index contributed by atoms with van der Waals surface area (Å²) in [6.07, 6.45) is 1.97. The molecule has 0 amide bonds. The minimum absolute atomic E-state index is 0. The molecular weight excluding hydrogens is 561 g/mol. The Morgan fingerprint density at radius 2 is 1.55 bits per heavy atom. The molecule has 4 heterocycles. The molecular formula is C27H17IrN2O-. The number of furan rings is 1. The summed E-state index contributed by atoms with van der Waals surface area (Å²) in [5.74, 6) is 0. The third-order valence-electron chi connectivity index (χ3n) is 6.26. The van der Waals surface area contributed by atoms with Crippen molar-refractivity contribution in [2.75, 3.05) is 0 Å². The number of hydrogen-bond donors (Lipinski definition) is 0. The zero-order valence-electron chi connectivity index (χ0n) is 16.6. The Hall–Kier alpha value is -3.46. The first kappa shape index (κ1) is 18.3. The molecule has 3 nitrogen and oxygen atoms in total. The number of pyridine rings is 1. The van der Waals surface area contributed by atoms with Crippen LogP contribution in [0.4, 0.5) is 0 Å². The normalized spacial score (nSPS) is 11.9. The Labute approximate surface area is 192 Å². The van der Waals surface area contributed by atoms with Crippen LogP contribution in [0.1, 0.15) is 5.56 Å². The average molecular weight is 578 g/mol. The molecule has 7 aromatic rings. The van der Waals surface area contributed by atoms with Crippen molar-refractivity contribution >= 4 is 49.3 Å². The van der Waals surface area contributed by atoms with Crippen molar-refractivity contribution in [3.8, 4) is 11.3 Å². The van der Waals surface area contributed by atoms with E-state index in [9.17, 15) is 0 Å². The van der Waals surface area contributed by atoms with Gasteiger partial charge in [-0.15, -0.1) is 5.56 Å². The number of para-hydroxylation sites is 2. The van der Waals surface area contributed by atoms with Crippen LogP contribution < -0.4 is 4.57 Å². The van der Waals surface area contributed by atoms with E-state index in [2.05, 4.69) is 66.9 Å². The minimum atomic E-state index is 0. The Kier molecular flexibility index (Phi) is 3.71. The van der Waals surface area contributed by atoms with Crippen LogP contribution in [0.5, 0.6) is 0 Å². The zero-order chi connectivity index (χ0) is 20.0. The third kappa shape index (κ3) is 2.18. The molecule has 0 fully saturated rings. The summed E-state index contributed by atoms with van der Waals surface area (Å²) < 4.78 is 10.7. The van der Waals surface area contributed by atoms with Gasteiger partial charge in [-0.25, -0.2) is 0 Å². The monoisotopic (exact) mass is 578 g/mol. The quantitative estimate of drug-likeness (QED) is 0.165. The summed E-state index contributed by atoms with van der Waals surface area (Å²) in [7, 11) is 4.20. The summed E-state index contributed by atoms with van der Waals surface area (Å²) in [6, 6.07) is 25.1. The number of hydrogen-bond acceptors (Lipinski definition) is 1. The summed E-state index contributed by atoms with van der Waals surface area (Å²) in [5, 5.41) is 4.66. The molecule has 0 spiro atoms. The number of aromatic nitrogens is 2. The molecule has 0 N–H and O–H groups in total. The zero-order valence-corrected chi connectivity index (χ0v) is 19.0. The standard InChI is InChI=1S/C27H17N2O.Ir/c1-16-15-19-17-9-3-5-11-20(17)29-25(19)24(23(16)21-12-7-8-14-28(21)2)27-26(29)18-10-4-6-13-22(18)30-27;/h3-15H,1-2H2;/q-1;. The average Bonchev–Trinajstić information content (AvgIpc) is 3.39. The van der Waals surface area contributed by atoms with Gasteiger partial charge in [0, 0.05) is 38.1 Å². The molecule has 0 saturated carbocycles. The molecule has 3 aromatic carbocycles. The molecule has 0 atom stereocenters. The fourth-order valence-electron chi connectivity index (χ4n) is 5.06. The van der Waals surface area contributed by atoms with Crippen molar-refractivity contribution in [2.24, 2.45) is 0 Å². The molecule has 0 aliphatic carbocycles. The second-order valence-electron chi connectivity index (χ2n) is 7.87. The van der Waals surface area contributed by atoms with Crippen LogP contribution >= 0.6 is 0 Å². The van der Waals surface area contributed by atoms with Crippen LogP contribution in [0, 0.1) is 14.0 Å². The molecule has 31 heavy (non-hydrogen) atoms. The Morgan fingerprint density at radius 3 is 2.39 bits per heavy atom. The van der Waals surface area contributed by atoms with Gasteiger partial charge in [-0.2, -0.15) is 18.6 Å². The Balaban J connectivity index is 0.00000185. The van der Waals surface area contributed by atoms with Gasteiger partial charge in [0.2, 0.25) is 0 Å². The van der Waals surface area contributed by atoms with Gasteiger partial charge in [0.15, 0.2) is 0 Å². The van der Waals surface area contributed by atoms with E-state index in [1.54, 1.807) is 0 Å². The topological polar surface area (TPSA) is 21.4 Å². The Morgan fingerprint density at radius 1 is 0.806 bits per heavy atom. The van der Waals surface area contributed by atoms with Gasteiger partial charge in [0.1, 0.15) is 11.2 Å². The summed E-state index contributed by atoms with van der Waals surface area (Å²) in [6.45, 7) is 4.44. The van der Waals surface area contributed by atoms with Crippen LogP contribution in [-0.4, -0.2) is 4.40 Å². The molecule has 0 bridgehead atoms. The summed E-state index contributed by atoms with van der Waals surface area (Å²) >= 11 is 0.